The largest absolute Gasteiger partial charge is 0.416 e. The molecule has 0 heterocycles. The van der Waals surface area contributed by atoms with Crippen molar-refractivity contribution in [1.82, 2.24) is 0 Å². The van der Waals surface area contributed by atoms with Crippen LogP contribution in [0.4, 0.5) is 18.9 Å². The van der Waals surface area contributed by atoms with E-state index in [1.54, 1.807) is 0 Å². The van der Waals surface area contributed by atoms with E-state index in [0.29, 0.717) is 24.1 Å². The van der Waals surface area contributed by atoms with Gasteiger partial charge in [-0.05, 0) is 36.5 Å². The van der Waals surface area contributed by atoms with Crippen molar-refractivity contribution >= 4 is 5.69 Å². The van der Waals surface area contributed by atoms with Gasteiger partial charge in [0, 0.05) is 6.54 Å². The highest BCUT2D eigenvalue weighted by molar-refractivity contribution is 5.59. The first kappa shape index (κ1) is 14.7. The summed E-state index contributed by atoms with van der Waals surface area (Å²) in [5, 5.41) is 12.1. The molecule has 0 aliphatic heterocycles. The summed E-state index contributed by atoms with van der Waals surface area (Å²) in [4.78, 5) is 0. The lowest BCUT2D eigenvalue weighted by molar-refractivity contribution is -0.137. The van der Waals surface area contributed by atoms with Crippen LogP contribution in [0.15, 0.2) is 18.2 Å². The molecule has 0 amide bonds. The summed E-state index contributed by atoms with van der Waals surface area (Å²) in [6, 6.07) is 5.10. The number of rotatable bonds is 3. The molecular weight excluding hydrogens is 265 g/mol. The van der Waals surface area contributed by atoms with E-state index in [2.05, 4.69) is 12.2 Å². The van der Waals surface area contributed by atoms with E-state index in [-0.39, 0.29) is 5.56 Å². The topological polar surface area (TPSA) is 35.8 Å². The molecule has 1 aliphatic rings. The fourth-order valence-electron chi connectivity index (χ4n) is 2.73. The van der Waals surface area contributed by atoms with Gasteiger partial charge in [-0.3, -0.25) is 0 Å². The normalized spacial score (nSPS) is 22.6. The summed E-state index contributed by atoms with van der Waals surface area (Å²) < 4.78 is 37.8. The van der Waals surface area contributed by atoms with Crippen LogP contribution in [0, 0.1) is 23.2 Å². The lowest BCUT2D eigenvalue weighted by atomic mass is 9.98. The Bertz CT molecular complexity index is 517. The third-order valence-corrected chi connectivity index (χ3v) is 4.06. The smallest absolute Gasteiger partial charge is 0.384 e. The quantitative estimate of drug-likeness (QED) is 0.890. The third-order valence-electron chi connectivity index (χ3n) is 4.06. The average molecular weight is 282 g/mol. The van der Waals surface area contributed by atoms with E-state index >= 15 is 0 Å². The van der Waals surface area contributed by atoms with Crippen LogP contribution in [-0.2, 0) is 6.18 Å². The molecule has 0 radical (unpaired) electrons. The van der Waals surface area contributed by atoms with Crippen LogP contribution in [0.3, 0.4) is 0 Å². The molecule has 1 aliphatic carbocycles. The first-order chi connectivity index (χ1) is 9.41. The van der Waals surface area contributed by atoms with Crippen molar-refractivity contribution in [2.24, 2.45) is 11.8 Å². The lowest BCUT2D eigenvalue weighted by Crippen LogP contribution is -2.17. The van der Waals surface area contributed by atoms with E-state index in [1.807, 2.05) is 6.07 Å². The van der Waals surface area contributed by atoms with Crippen LogP contribution >= 0.6 is 0 Å². The van der Waals surface area contributed by atoms with Gasteiger partial charge in [0.2, 0.25) is 0 Å². The molecular formula is C15H17F3N2. The molecule has 20 heavy (non-hydrogen) atoms. The molecule has 1 aromatic rings. The molecule has 1 N–H and O–H groups in total. The molecule has 1 fully saturated rings. The van der Waals surface area contributed by atoms with Crippen LogP contribution < -0.4 is 5.32 Å². The van der Waals surface area contributed by atoms with Crippen molar-refractivity contribution in [3.8, 4) is 6.07 Å². The Hall–Kier alpha value is -1.70. The Morgan fingerprint density at radius 2 is 2.10 bits per heavy atom. The maximum absolute atomic E-state index is 12.6. The van der Waals surface area contributed by atoms with Crippen molar-refractivity contribution < 1.29 is 13.2 Å². The Morgan fingerprint density at radius 3 is 2.65 bits per heavy atom. The predicted octanol–water partition coefficient (Wildman–Crippen LogP) is 4.43. The Labute approximate surface area is 116 Å². The number of nitrogens with zero attached hydrogens (tertiary/aromatic N) is 1. The van der Waals surface area contributed by atoms with E-state index in [4.69, 9.17) is 5.26 Å². The second kappa shape index (κ2) is 5.74. The predicted molar refractivity (Wildman–Crippen MR) is 71.2 cm³/mol. The second-order valence-corrected chi connectivity index (χ2v) is 5.42. The summed E-state index contributed by atoms with van der Waals surface area (Å²) >= 11 is 0. The Balaban J connectivity index is 2.10. The van der Waals surface area contributed by atoms with Gasteiger partial charge in [-0.25, -0.2) is 0 Å². The minimum absolute atomic E-state index is 0.0467. The third kappa shape index (κ3) is 3.24. The van der Waals surface area contributed by atoms with Crippen LogP contribution in [-0.4, -0.2) is 6.54 Å². The zero-order valence-corrected chi connectivity index (χ0v) is 11.3. The molecule has 5 heteroatoms. The van der Waals surface area contributed by atoms with Crippen molar-refractivity contribution in [3.63, 3.8) is 0 Å². The zero-order chi connectivity index (χ0) is 14.8. The van der Waals surface area contributed by atoms with Gasteiger partial charge in [0.15, 0.2) is 0 Å². The Morgan fingerprint density at radius 1 is 1.35 bits per heavy atom. The summed E-state index contributed by atoms with van der Waals surface area (Å²) in [7, 11) is 0. The molecule has 2 unspecified atom stereocenters. The molecule has 0 aromatic heterocycles. The van der Waals surface area contributed by atoms with Gasteiger partial charge in [-0.1, -0.05) is 19.8 Å². The van der Waals surface area contributed by atoms with Crippen molar-refractivity contribution in [1.29, 1.82) is 5.26 Å². The molecule has 2 atom stereocenters. The number of hydrogen-bond donors (Lipinski definition) is 1. The van der Waals surface area contributed by atoms with Gasteiger partial charge in [0.25, 0.3) is 0 Å². The van der Waals surface area contributed by atoms with Crippen LogP contribution in [0.1, 0.15) is 37.3 Å². The maximum Gasteiger partial charge on any atom is 0.416 e. The van der Waals surface area contributed by atoms with Crippen molar-refractivity contribution in [2.75, 3.05) is 11.9 Å². The first-order valence-corrected chi connectivity index (χ1v) is 6.77. The number of anilines is 1. The molecule has 0 spiro atoms. The van der Waals surface area contributed by atoms with Crippen LogP contribution in [0.5, 0.6) is 0 Å². The second-order valence-electron chi connectivity index (χ2n) is 5.42. The molecule has 2 nitrogen and oxygen atoms in total. The molecule has 1 aromatic carbocycles. The number of halogens is 3. The van der Waals surface area contributed by atoms with Crippen LogP contribution in [0.25, 0.3) is 0 Å². The van der Waals surface area contributed by atoms with Crippen molar-refractivity contribution in [3.05, 3.63) is 29.3 Å². The minimum Gasteiger partial charge on any atom is -0.384 e. The van der Waals surface area contributed by atoms with Crippen LogP contribution in [0.2, 0.25) is 0 Å². The van der Waals surface area contributed by atoms with Gasteiger partial charge < -0.3 is 5.32 Å². The molecule has 1 saturated carbocycles. The SMILES string of the molecule is CC1CCCC1CNc1ccc(C(F)(F)F)cc1C#N. The minimum atomic E-state index is -4.41. The van der Waals surface area contributed by atoms with Gasteiger partial charge >= 0.3 is 6.18 Å². The summed E-state index contributed by atoms with van der Waals surface area (Å²) in [6.07, 6.45) is -0.878. The molecule has 2 rings (SSSR count). The summed E-state index contributed by atoms with van der Waals surface area (Å²) in [6.45, 7) is 2.90. The Kier molecular flexibility index (Phi) is 4.22. The fourth-order valence-corrected chi connectivity index (χ4v) is 2.73. The van der Waals surface area contributed by atoms with E-state index in [1.165, 1.54) is 18.9 Å². The maximum atomic E-state index is 12.6. The van der Waals surface area contributed by atoms with Crippen molar-refractivity contribution in [2.45, 2.75) is 32.4 Å². The monoisotopic (exact) mass is 282 g/mol. The lowest BCUT2D eigenvalue weighted by Gasteiger charge is -2.18. The van der Waals surface area contributed by atoms with E-state index in [9.17, 15) is 13.2 Å². The number of alkyl halides is 3. The molecule has 0 bridgehead atoms. The van der Waals surface area contributed by atoms with E-state index in [0.717, 1.165) is 18.6 Å². The van der Waals surface area contributed by atoms with Gasteiger partial charge in [-0.2, -0.15) is 18.4 Å². The summed E-state index contributed by atoms with van der Waals surface area (Å²) in [5.74, 6) is 1.16. The summed E-state index contributed by atoms with van der Waals surface area (Å²) in [5.41, 5.74) is -0.251. The number of hydrogen-bond acceptors (Lipinski definition) is 2. The van der Waals surface area contributed by atoms with Gasteiger partial charge in [0.05, 0.1) is 16.8 Å². The number of nitrogens with one attached hydrogen (secondary N) is 1. The van der Waals surface area contributed by atoms with Gasteiger partial charge in [-0.15, -0.1) is 0 Å². The fraction of sp³-hybridized carbons (Fsp3) is 0.533. The zero-order valence-electron chi connectivity index (χ0n) is 11.3. The molecule has 0 saturated heterocycles. The van der Waals surface area contributed by atoms with Gasteiger partial charge in [0.1, 0.15) is 6.07 Å². The highest BCUT2D eigenvalue weighted by Gasteiger charge is 2.31. The first-order valence-electron chi connectivity index (χ1n) is 6.77. The highest BCUT2D eigenvalue weighted by Crippen LogP contribution is 2.33. The highest BCUT2D eigenvalue weighted by atomic mass is 19.4. The van der Waals surface area contributed by atoms with E-state index < -0.39 is 11.7 Å². The standard InChI is InChI=1S/C15H17F3N2/c1-10-3-2-4-11(10)9-20-14-6-5-13(15(16,17)18)7-12(14)8-19/h5-7,10-11,20H,2-4,9H2,1H3. The number of benzene rings is 1. The number of nitriles is 1. The molecule has 108 valence electrons. The average Bonchev–Trinajstić information content (AvgIpc) is 2.80.